The molecular formula is C23H20F3N5O3. The number of halogens is 3. The number of benzene rings is 1. The topological polar surface area (TPSA) is 107 Å². The van der Waals surface area contributed by atoms with Gasteiger partial charge in [0.25, 0.3) is 0 Å². The van der Waals surface area contributed by atoms with Crippen molar-refractivity contribution in [1.29, 1.82) is 0 Å². The molecule has 1 aliphatic heterocycles. The average Bonchev–Trinajstić information content (AvgIpc) is 3.12. The number of ketones is 1. The Morgan fingerprint density at radius 1 is 1.15 bits per heavy atom. The maximum atomic E-state index is 13.0. The summed E-state index contributed by atoms with van der Waals surface area (Å²) in [5, 5.41) is 5.80. The summed E-state index contributed by atoms with van der Waals surface area (Å²) >= 11 is 0. The highest BCUT2D eigenvalue weighted by Crippen LogP contribution is 2.38. The van der Waals surface area contributed by atoms with Crippen LogP contribution in [0.25, 0.3) is 11.3 Å². The number of hydrogen-bond donors (Lipinski definition) is 3. The number of aromatic amines is 1. The fraction of sp³-hybridized carbons (Fsp3) is 0.217. The minimum Gasteiger partial charge on any atom is -0.355 e. The number of pyridine rings is 1. The first-order chi connectivity index (χ1) is 16.1. The van der Waals surface area contributed by atoms with Crippen LogP contribution < -0.4 is 10.6 Å². The first-order valence-corrected chi connectivity index (χ1v) is 10.3. The first-order valence-electron chi connectivity index (χ1n) is 10.3. The summed E-state index contributed by atoms with van der Waals surface area (Å²) in [5.74, 6) is -1.69. The Morgan fingerprint density at radius 3 is 2.56 bits per heavy atom. The van der Waals surface area contributed by atoms with E-state index in [9.17, 15) is 27.6 Å². The SMILES string of the molecule is CC(=O)Nc1cc(-c2[nH]c3c(c2Nc2ccccc2)C(=O)CN(C(=O)CC(F)(F)F)C3)ccn1. The van der Waals surface area contributed by atoms with Crippen LogP contribution in [0.4, 0.5) is 30.4 Å². The van der Waals surface area contributed by atoms with E-state index in [4.69, 9.17) is 0 Å². The third-order valence-corrected chi connectivity index (χ3v) is 5.14. The van der Waals surface area contributed by atoms with E-state index >= 15 is 0 Å². The van der Waals surface area contributed by atoms with Crippen molar-refractivity contribution in [2.75, 3.05) is 17.2 Å². The summed E-state index contributed by atoms with van der Waals surface area (Å²) in [4.78, 5) is 44.7. The Balaban J connectivity index is 1.77. The average molecular weight is 471 g/mol. The van der Waals surface area contributed by atoms with E-state index in [0.717, 1.165) is 4.90 Å². The van der Waals surface area contributed by atoms with Crippen LogP contribution >= 0.6 is 0 Å². The van der Waals surface area contributed by atoms with E-state index in [1.54, 1.807) is 24.3 Å². The van der Waals surface area contributed by atoms with Gasteiger partial charge >= 0.3 is 6.18 Å². The summed E-state index contributed by atoms with van der Waals surface area (Å²) in [7, 11) is 0. The lowest BCUT2D eigenvalue weighted by molar-refractivity contribution is -0.161. The van der Waals surface area contributed by atoms with Crippen molar-refractivity contribution in [2.45, 2.75) is 26.1 Å². The quantitative estimate of drug-likeness (QED) is 0.516. The number of aromatic nitrogens is 2. The molecule has 3 aromatic rings. The fourth-order valence-electron chi connectivity index (χ4n) is 3.78. The van der Waals surface area contributed by atoms with E-state index in [1.807, 2.05) is 18.2 Å². The van der Waals surface area contributed by atoms with Crippen LogP contribution in [0.3, 0.4) is 0 Å². The van der Waals surface area contributed by atoms with E-state index < -0.39 is 30.8 Å². The molecule has 0 saturated heterocycles. The number of nitrogens with one attached hydrogen (secondary N) is 3. The number of nitrogens with zero attached hydrogens (tertiary/aromatic N) is 2. The Labute approximate surface area is 192 Å². The predicted molar refractivity (Wildman–Crippen MR) is 118 cm³/mol. The normalized spacial score (nSPS) is 13.4. The molecule has 4 rings (SSSR count). The number of Topliss-reactive ketones (excluding diaryl/α,β-unsaturated/α-hetero) is 1. The van der Waals surface area contributed by atoms with Crippen LogP contribution in [0.1, 0.15) is 29.4 Å². The molecule has 0 bridgehead atoms. The van der Waals surface area contributed by atoms with Crippen LogP contribution in [0, 0.1) is 0 Å². The Morgan fingerprint density at radius 2 is 1.88 bits per heavy atom. The van der Waals surface area contributed by atoms with Gasteiger partial charge in [0.2, 0.25) is 11.8 Å². The zero-order chi connectivity index (χ0) is 24.5. The van der Waals surface area contributed by atoms with Gasteiger partial charge in [0.05, 0.1) is 30.0 Å². The van der Waals surface area contributed by atoms with Crippen LogP contribution in [0.15, 0.2) is 48.7 Å². The smallest absolute Gasteiger partial charge is 0.355 e. The van der Waals surface area contributed by atoms with Crippen LogP contribution in [-0.4, -0.2) is 45.2 Å². The lowest BCUT2D eigenvalue weighted by Crippen LogP contribution is -2.41. The maximum Gasteiger partial charge on any atom is 0.397 e. The molecule has 0 aliphatic carbocycles. The molecule has 1 aromatic carbocycles. The summed E-state index contributed by atoms with van der Waals surface area (Å²) in [6, 6.07) is 12.3. The fourth-order valence-corrected chi connectivity index (χ4v) is 3.78. The number of alkyl halides is 3. The predicted octanol–water partition coefficient (Wildman–Crippen LogP) is 4.26. The van der Waals surface area contributed by atoms with Crippen LogP contribution in [0.2, 0.25) is 0 Å². The van der Waals surface area contributed by atoms with Gasteiger partial charge < -0.3 is 20.5 Å². The third-order valence-electron chi connectivity index (χ3n) is 5.14. The minimum absolute atomic E-state index is 0.177. The monoisotopic (exact) mass is 471 g/mol. The Kier molecular flexibility index (Phi) is 6.10. The van der Waals surface area contributed by atoms with Crippen molar-refractivity contribution in [1.82, 2.24) is 14.9 Å². The number of carbonyl (C=O) groups excluding carboxylic acids is 3. The number of hydrogen-bond acceptors (Lipinski definition) is 5. The van der Waals surface area contributed by atoms with Crippen molar-refractivity contribution in [3.8, 4) is 11.3 Å². The second kappa shape index (κ2) is 9.00. The number of fused-ring (bicyclic) bond motifs is 1. The highest BCUT2D eigenvalue weighted by Gasteiger charge is 2.37. The highest BCUT2D eigenvalue weighted by atomic mass is 19.4. The summed E-state index contributed by atoms with van der Waals surface area (Å²) < 4.78 is 38.2. The first kappa shape index (κ1) is 23.0. The summed E-state index contributed by atoms with van der Waals surface area (Å²) in [6.07, 6.45) is -4.82. The number of H-pyrrole nitrogens is 1. The molecule has 1 aliphatic rings. The number of carbonyl (C=O) groups is 3. The van der Waals surface area contributed by atoms with Crippen LogP contribution in [0.5, 0.6) is 0 Å². The Hall–Kier alpha value is -4.15. The molecule has 8 nitrogen and oxygen atoms in total. The molecule has 0 radical (unpaired) electrons. The summed E-state index contributed by atoms with van der Waals surface area (Å²) in [5.41, 5.74) is 2.75. The molecule has 2 aromatic heterocycles. The standard InChI is InChI=1S/C23H20F3N5O3/c1-13(32)28-18-9-14(7-8-27-18)21-22(29-15-5-3-2-4-6-15)20-16(30-21)11-31(12-17(20)33)19(34)10-23(24,25)26/h2-9,29-30H,10-12H2,1H3,(H,27,28,32). The van der Waals surface area contributed by atoms with Crippen molar-refractivity contribution >= 4 is 34.8 Å². The molecule has 11 heteroatoms. The largest absolute Gasteiger partial charge is 0.397 e. The van der Waals surface area contributed by atoms with E-state index in [0.29, 0.717) is 28.3 Å². The molecule has 176 valence electrons. The molecule has 3 N–H and O–H groups in total. The summed E-state index contributed by atoms with van der Waals surface area (Å²) in [6.45, 7) is 0.703. The van der Waals surface area contributed by atoms with Crippen molar-refractivity contribution in [3.63, 3.8) is 0 Å². The van der Waals surface area contributed by atoms with Crippen molar-refractivity contribution in [2.24, 2.45) is 0 Å². The van der Waals surface area contributed by atoms with Gasteiger partial charge in [-0.2, -0.15) is 13.2 Å². The lowest BCUT2D eigenvalue weighted by atomic mass is 10.0. The Bertz CT molecular complexity index is 1250. The van der Waals surface area contributed by atoms with Gasteiger partial charge in [-0.05, 0) is 24.3 Å². The molecule has 0 fully saturated rings. The number of rotatable bonds is 5. The van der Waals surface area contributed by atoms with Crippen molar-refractivity contribution < 1.29 is 27.6 Å². The van der Waals surface area contributed by atoms with Gasteiger partial charge in [-0.25, -0.2) is 4.98 Å². The van der Waals surface area contributed by atoms with Crippen molar-refractivity contribution in [3.05, 3.63) is 59.9 Å². The van der Waals surface area contributed by atoms with Gasteiger partial charge in [-0.3, -0.25) is 14.4 Å². The van der Waals surface area contributed by atoms with E-state index in [1.165, 1.54) is 13.1 Å². The van der Waals surface area contributed by atoms with E-state index in [-0.39, 0.29) is 23.8 Å². The maximum absolute atomic E-state index is 13.0. The lowest BCUT2D eigenvalue weighted by Gasteiger charge is -2.27. The second-order valence-corrected chi connectivity index (χ2v) is 7.80. The molecule has 34 heavy (non-hydrogen) atoms. The highest BCUT2D eigenvalue weighted by molar-refractivity contribution is 6.09. The number of para-hydroxylation sites is 1. The molecule has 2 amide bonds. The molecule has 3 heterocycles. The zero-order valence-corrected chi connectivity index (χ0v) is 18.0. The van der Waals surface area contributed by atoms with Gasteiger partial charge in [0, 0.05) is 30.1 Å². The number of anilines is 3. The third kappa shape index (κ3) is 5.08. The van der Waals surface area contributed by atoms with Gasteiger partial charge in [0.1, 0.15) is 12.2 Å². The van der Waals surface area contributed by atoms with Crippen LogP contribution in [-0.2, 0) is 16.1 Å². The van der Waals surface area contributed by atoms with Gasteiger partial charge in [-0.15, -0.1) is 0 Å². The zero-order valence-electron chi connectivity index (χ0n) is 18.0. The number of amides is 2. The molecule has 0 atom stereocenters. The van der Waals surface area contributed by atoms with Gasteiger partial charge in [0.15, 0.2) is 5.78 Å². The molecular weight excluding hydrogens is 451 g/mol. The van der Waals surface area contributed by atoms with E-state index in [2.05, 4.69) is 20.6 Å². The molecule has 0 saturated carbocycles. The molecule has 0 unspecified atom stereocenters. The molecule has 0 spiro atoms. The van der Waals surface area contributed by atoms with Gasteiger partial charge in [-0.1, -0.05) is 18.2 Å². The second-order valence-electron chi connectivity index (χ2n) is 7.80. The minimum atomic E-state index is -4.67.